The van der Waals surface area contributed by atoms with E-state index in [1.165, 1.54) is 0 Å². The van der Waals surface area contributed by atoms with Crippen LogP contribution >= 0.6 is 11.3 Å². The molecule has 1 fully saturated rings. The maximum Gasteiger partial charge on any atom is 0.256 e. The van der Waals surface area contributed by atoms with Gasteiger partial charge in [0.25, 0.3) is 5.91 Å². The monoisotopic (exact) mass is 222 g/mol. The lowest BCUT2D eigenvalue weighted by Crippen LogP contribution is -2.40. The minimum absolute atomic E-state index is 0.00769. The molecule has 0 bridgehead atoms. The van der Waals surface area contributed by atoms with Gasteiger partial charge in [-0.05, 0) is 17.9 Å². The first-order chi connectivity index (χ1) is 7.27. The van der Waals surface area contributed by atoms with Crippen molar-refractivity contribution in [3.05, 3.63) is 21.9 Å². The molecule has 2 amide bonds. The number of carbonyl (C=O) groups excluding carboxylic acids is 2. The van der Waals surface area contributed by atoms with Crippen LogP contribution in [0.15, 0.2) is 11.4 Å². The maximum absolute atomic E-state index is 11.9. The summed E-state index contributed by atoms with van der Waals surface area (Å²) < 4.78 is 0. The number of hydrogen-bond donors (Lipinski definition) is 1. The Morgan fingerprint density at radius 3 is 3.00 bits per heavy atom. The van der Waals surface area contributed by atoms with Gasteiger partial charge in [0.1, 0.15) is 6.04 Å². The fourth-order valence-electron chi connectivity index (χ4n) is 2.16. The van der Waals surface area contributed by atoms with Gasteiger partial charge < -0.3 is 10.2 Å². The van der Waals surface area contributed by atoms with Crippen LogP contribution in [0.1, 0.15) is 21.7 Å². The van der Waals surface area contributed by atoms with E-state index in [2.05, 4.69) is 5.32 Å². The number of amides is 2. The Labute approximate surface area is 90.9 Å². The molecular weight excluding hydrogens is 212 g/mol. The summed E-state index contributed by atoms with van der Waals surface area (Å²) in [7, 11) is 0. The van der Waals surface area contributed by atoms with Crippen LogP contribution in [0.5, 0.6) is 0 Å². The van der Waals surface area contributed by atoms with Gasteiger partial charge in [0.05, 0.1) is 12.1 Å². The van der Waals surface area contributed by atoms with Crippen molar-refractivity contribution in [2.24, 2.45) is 0 Å². The summed E-state index contributed by atoms with van der Waals surface area (Å²) in [6.45, 7) is 1.28. The number of rotatable bonds is 1. The Kier molecular flexibility index (Phi) is 1.82. The highest BCUT2D eigenvalue weighted by Crippen LogP contribution is 2.30. The molecule has 1 aromatic rings. The number of hydrogen-bond acceptors (Lipinski definition) is 3. The highest BCUT2D eigenvalue weighted by atomic mass is 32.1. The van der Waals surface area contributed by atoms with E-state index >= 15 is 0 Å². The van der Waals surface area contributed by atoms with E-state index in [1.54, 1.807) is 16.2 Å². The summed E-state index contributed by atoms with van der Waals surface area (Å²) in [5.74, 6) is -0.00759. The van der Waals surface area contributed by atoms with Gasteiger partial charge in [-0.3, -0.25) is 9.59 Å². The second-order valence-electron chi connectivity index (χ2n) is 3.79. The Hall–Kier alpha value is -1.36. The molecule has 78 valence electrons. The number of carbonyl (C=O) groups is 2. The van der Waals surface area contributed by atoms with Gasteiger partial charge in [-0.1, -0.05) is 0 Å². The molecule has 1 N–H and O–H groups in total. The molecule has 0 aromatic carbocycles. The number of thiophene rings is 1. The number of nitrogens with one attached hydrogen (secondary N) is 1. The van der Waals surface area contributed by atoms with Crippen molar-refractivity contribution in [1.29, 1.82) is 0 Å². The lowest BCUT2D eigenvalue weighted by atomic mass is 10.2. The third-order valence-corrected chi connectivity index (χ3v) is 3.85. The molecule has 0 aliphatic carbocycles. The van der Waals surface area contributed by atoms with Gasteiger partial charge in [-0.15, -0.1) is 11.3 Å². The van der Waals surface area contributed by atoms with Gasteiger partial charge >= 0.3 is 0 Å². The van der Waals surface area contributed by atoms with Crippen LogP contribution in [0.4, 0.5) is 0 Å². The minimum atomic E-state index is -0.253. The van der Waals surface area contributed by atoms with Gasteiger partial charge in [0.15, 0.2) is 0 Å². The van der Waals surface area contributed by atoms with E-state index in [1.807, 2.05) is 11.4 Å². The summed E-state index contributed by atoms with van der Waals surface area (Å²) >= 11 is 1.59. The summed E-state index contributed by atoms with van der Waals surface area (Å²) in [6, 6.07) is 1.59. The highest BCUT2D eigenvalue weighted by Gasteiger charge is 2.38. The van der Waals surface area contributed by atoms with E-state index in [9.17, 15) is 9.59 Å². The lowest BCUT2D eigenvalue weighted by Gasteiger charge is -2.20. The van der Waals surface area contributed by atoms with Gasteiger partial charge in [0.2, 0.25) is 5.91 Å². The Balaban J connectivity index is 1.89. The zero-order valence-corrected chi connectivity index (χ0v) is 8.84. The minimum Gasteiger partial charge on any atom is -0.354 e. The van der Waals surface area contributed by atoms with Crippen molar-refractivity contribution in [1.82, 2.24) is 10.2 Å². The standard InChI is InChI=1S/C10H10N2O2S/c13-9-7(1-3-11-9)12-5-8-6(10(12)14)2-4-15-8/h2,4,7H,1,3,5H2,(H,11,13). The fourth-order valence-corrected chi connectivity index (χ4v) is 3.03. The van der Waals surface area contributed by atoms with Crippen LogP contribution in [0.2, 0.25) is 0 Å². The van der Waals surface area contributed by atoms with Crippen LogP contribution in [0.3, 0.4) is 0 Å². The van der Waals surface area contributed by atoms with Gasteiger partial charge in [-0.2, -0.15) is 0 Å². The predicted octanol–water partition coefficient (Wildman–Crippen LogP) is 0.592. The molecule has 5 heteroatoms. The molecule has 1 saturated heterocycles. The number of nitrogens with zero attached hydrogens (tertiary/aromatic N) is 1. The molecule has 2 aliphatic heterocycles. The smallest absolute Gasteiger partial charge is 0.256 e. The van der Waals surface area contributed by atoms with Crippen LogP contribution in [-0.4, -0.2) is 29.3 Å². The van der Waals surface area contributed by atoms with Crippen LogP contribution in [-0.2, 0) is 11.3 Å². The molecule has 1 atom stereocenters. The zero-order chi connectivity index (χ0) is 10.4. The third-order valence-electron chi connectivity index (χ3n) is 2.95. The summed E-state index contributed by atoms with van der Waals surface area (Å²) in [6.07, 6.45) is 0.736. The van der Waals surface area contributed by atoms with Gasteiger partial charge in [-0.25, -0.2) is 0 Å². The number of fused-ring (bicyclic) bond motifs is 1. The normalized spacial score (nSPS) is 24.5. The quantitative estimate of drug-likeness (QED) is 0.756. The van der Waals surface area contributed by atoms with Crippen LogP contribution < -0.4 is 5.32 Å². The first-order valence-electron chi connectivity index (χ1n) is 4.92. The molecule has 1 unspecified atom stereocenters. The molecule has 3 rings (SSSR count). The second kappa shape index (κ2) is 3.06. The highest BCUT2D eigenvalue weighted by molar-refractivity contribution is 7.10. The topological polar surface area (TPSA) is 49.4 Å². The van der Waals surface area contributed by atoms with Crippen molar-refractivity contribution in [2.45, 2.75) is 19.0 Å². The van der Waals surface area contributed by atoms with Crippen molar-refractivity contribution in [3.63, 3.8) is 0 Å². The summed E-state index contributed by atoms with van der Waals surface area (Å²) in [4.78, 5) is 26.2. The predicted molar refractivity (Wildman–Crippen MR) is 55.6 cm³/mol. The molecule has 2 aliphatic rings. The SMILES string of the molecule is O=C1NCCC1N1Cc2sccc2C1=O. The Morgan fingerprint density at radius 2 is 2.33 bits per heavy atom. The molecule has 0 saturated carbocycles. The molecule has 3 heterocycles. The van der Waals surface area contributed by atoms with Crippen LogP contribution in [0, 0.1) is 0 Å². The summed E-state index contributed by atoms with van der Waals surface area (Å²) in [5.41, 5.74) is 0.778. The zero-order valence-electron chi connectivity index (χ0n) is 8.03. The molecule has 1 aromatic heterocycles. The first kappa shape index (κ1) is 8.91. The van der Waals surface area contributed by atoms with E-state index in [4.69, 9.17) is 0 Å². The van der Waals surface area contributed by atoms with E-state index in [0.717, 1.165) is 16.9 Å². The van der Waals surface area contributed by atoms with Crippen molar-refractivity contribution in [3.8, 4) is 0 Å². The van der Waals surface area contributed by atoms with Crippen molar-refractivity contribution >= 4 is 23.2 Å². The molecule has 4 nitrogen and oxygen atoms in total. The maximum atomic E-state index is 11.9. The molecule has 0 spiro atoms. The van der Waals surface area contributed by atoms with E-state index in [0.29, 0.717) is 13.1 Å². The lowest BCUT2D eigenvalue weighted by molar-refractivity contribution is -0.123. The van der Waals surface area contributed by atoms with Crippen molar-refractivity contribution < 1.29 is 9.59 Å². The summed E-state index contributed by atoms with van der Waals surface area (Å²) in [5, 5.41) is 4.68. The largest absolute Gasteiger partial charge is 0.354 e. The van der Waals surface area contributed by atoms with E-state index in [-0.39, 0.29) is 17.9 Å². The average molecular weight is 222 g/mol. The second-order valence-corrected chi connectivity index (χ2v) is 4.79. The van der Waals surface area contributed by atoms with Crippen LogP contribution in [0.25, 0.3) is 0 Å². The Morgan fingerprint density at radius 1 is 1.47 bits per heavy atom. The third kappa shape index (κ3) is 1.19. The Bertz CT molecular complexity index is 440. The molecule has 0 radical (unpaired) electrons. The van der Waals surface area contributed by atoms with Crippen molar-refractivity contribution in [2.75, 3.05) is 6.54 Å². The van der Waals surface area contributed by atoms with Gasteiger partial charge in [0, 0.05) is 11.4 Å². The molecule has 15 heavy (non-hydrogen) atoms. The fraction of sp³-hybridized carbons (Fsp3) is 0.400. The molecular formula is C10H10N2O2S. The first-order valence-corrected chi connectivity index (χ1v) is 5.80. The average Bonchev–Trinajstić information content (AvgIpc) is 2.85. The van der Waals surface area contributed by atoms with E-state index < -0.39 is 0 Å².